The van der Waals surface area contributed by atoms with E-state index in [0.29, 0.717) is 18.4 Å². The Labute approximate surface area is 187 Å². The molecule has 1 atom stereocenters. The van der Waals surface area contributed by atoms with Gasteiger partial charge in [-0.1, -0.05) is 60.7 Å². The average molecular weight is 438 g/mol. The number of hydrogen-bond acceptors (Lipinski definition) is 2. The number of rotatable bonds is 7. The van der Waals surface area contributed by atoms with Gasteiger partial charge in [-0.15, -0.1) is 0 Å². The molecular weight excluding hydrogens is 413 g/mol. The molecule has 0 bridgehead atoms. The minimum atomic E-state index is -0.258. The van der Waals surface area contributed by atoms with Crippen molar-refractivity contribution in [1.29, 1.82) is 0 Å². The molecule has 4 nitrogen and oxygen atoms in total. The molecule has 3 aromatic carbocycles. The van der Waals surface area contributed by atoms with Gasteiger partial charge in [0.05, 0.1) is 31.2 Å². The van der Waals surface area contributed by atoms with Crippen LogP contribution in [0.3, 0.4) is 0 Å². The van der Waals surface area contributed by atoms with E-state index in [9.17, 15) is 9.18 Å². The van der Waals surface area contributed by atoms with Crippen LogP contribution in [0, 0.1) is 5.82 Å². The summed E-state index contributed by atoms with van der Waals surface area (Å²) in [4.78, 5) is 14.3. The average Bonchev–Trinajstić information content (AvgIpc) is 2.77. The van der Waals surface area contributed by atoms with Crippen molar-refractivity contribution in [3.05, 3.63) is 112 Å². The molecule has 1 heterocycles. The molecule has 0 aliphatic heterocycles. The molecule has 1 aromatic heterocycles. The fourth-order valence-electron chi connectivity index (χ4n) is 3.71. The standard InChI is InChI=1S/C25H24FN3O.ClH/c1-28(18-20-7-3-2-4-8-20)15-16-29-25(30)23-10-6-5-9-22(23)24(27-29)17-19-11-13-21(26)14-12-19;/h2-14H,15-18H2,1H3;1H. The third kappa shape index (κ3) is 5.57. The maximum Gasteiger partial charge on any atom is 0.274 e. The molecule has 0 saturated carbocycles. The van der Waals surface area contributed by atoms with Gasteiger partial charge in [-0.25, -0.2) is 9.07 Å². The van der Waals surface area contributed by atoms with Crippen molar-refractivity contribution in [3.63, 3.8) is 0 Å². The third-order valence-corrected chi connectivity index (χ3v) is 5.33. The van der Waals surface area contributed by atoms with Gasteiger partial charge >= 0.3 is 0 Å². The van der Waals surface area contributed by atoms with E-state index in [2.05, 4.69) is 19.2 Å². The van der Waals surface area contributed by atoms with Crippen LogP contribution < -0.4 is 22.9 Å². The van der Waals surface area contributed by atoms with E-state index in [0.717, 1.165) is 29.7 Å². The van der Waals surface area contributed by atoms with Crippen LogP contribution in [-0.4, -0.2) is 23.4 Å². The summed E-state index contributed by atoms with van der Waals surface area (Å²) in [5.41, 5.74) is 3.00. The first-order valence-electron chi connectivity index (χ1n) is 10.2. The largest absolute Gasteiger partial charge is 1.00 e. The molecule has 0 spiro atoms. The molecule has 160 valence electrons. The van der Waals surface area contributed by atoms with E-state index in [1.54, 1.807) is 16.8 Å². The van der Waals surface area contributed by atoms with E-state index in [-0.39, 0.29) is 23.8 Å². The first kappa shape index (κ1) is 22.7. The summed E-state index contributed by atoms with van der Waals surface area (Å²) in [6.45, 7) is 2.22. The lowest BCUT2D eigenvalue weighted by molar-refractivity contribution is -0.894. The molecule has 4 aromatic rings. The number of hydrogen-bond donors (Lipinski definition) is 1. The van der Waals surface area contributed by atoms with Gasteiger partial charge in [0, 0.05) is 17.4 Å². The quantitative estimate of drug-likeness (QED) is 0.436. The SMILES string of the molecule is C[NH+](CCn1nc(Cc2ccc(F)cc2)c2ccccc2c1=O)Cc1ccccc1.[Cl-]. The fraction of sp³-hybridized carbons (Fsp3) is 0.200. The molecule has 1 N–H and O–H groups in total. The molecule has 0 saturated heterocycles. The first-order valence-corrected chi connectivity index (χ1v) is 10.2. The van der Waals surface area contributed by atoms with Crippen LogP contribution in [0.25, 0.3) is 10.8 Å². The number of aromatic nitrogens is 2. The summed E-state index contributed by atoms with van der Waals surface area (Å²) in [6.07, 6.45) is 0.549. The van der Waals surface area contributed by atoms with Crippen LogP contribution in [0.2, 0.25) is 0 Å². The maximum atomic E-state index is 13.3. The van der Waals surface area contributed by atoms with Crippen LogP contribution in [0.4, 0.5) is 4.39 Å². The van der Waals surface area contributed by atoms with E-state index in [1.807, 2.05) is 42.5 Å². The van der Waals surface area contributed by atoms with Crippen LogP contribution in [0.15, 0.2) is 83.7 Å². The molecule has 0 fully saturated rings. The van der Waals surface area contributed by atoms with Gasteiger partial charge in [-0.05, 0) is 23.8 Å². The zero-order valence-electron chi connectivity index (χ0n) is 17.4. The van der Waals surface area contributed by atoms with Crippen molar-refractivity contribution < 1.29 is 21.7 Å². The normalized spacial score (nSPS) is 11.8. The molecule has 31 heavy (non-hydrogen) atoms. The highest BCUT2D eigenvalue weighted by atomic mass is 35.5. The molecular formula is C25H25ClFN3O. The second-order valence-corrected chi connectivity index (χ2v) is 7.69. The maximum absolute atomic E-state index is 13.3. The molecule has 0 amide bonds. The van der Waals surface area contributed by atoms with Crippen LogP contribution in [0.5, 0.6) is 0 Å². The van der Waals surface area contributed by atoms with Crippen molar-refractivity contribution in [2.24, 2.45) is 0 Å². The highest BCUT2D eigenvalue weighted by Gasteiger charge is 2.13. The Balaban J connectivity index is 0.00000272. The summed E-state index contributed by atoms with van der Waals surface area (Å²) < 4.78 is 14.8. The summed E-state index contributed by atoms with van der Waals surface area (Å²) >= 11 is 0. The minimum Gasteiger partial charge on any atom is -1.00 e. The Kier molecular flexibility index (Phi) is 7.55. The number of halogens is 2. The van der Waals surface area contributed by atoms with Crippen molar-refractivity contribution in [1.82, 2.24) is 9.78 Å². The van der Waals surface area contributed by atoms with Gasteiger partial charge in [-0.2, -0.15) is 5.10 Å². The molecule has 1 unspecified atom stereocenters. The van der Waals surface area contributed by atoms with Gasteiger partial charge in [0.15, 0.2) is 0 Å². The summed E-state index contributed by atoms with van der Waals surface area (Å²) in [7, 11) is 2.12. The van der Waals surface area contributed by atoms with Crippen molar-refractivity contribution in [2.75, 3.05) is 13.6 Å². The van der Waals surface area contributed by atoms with Gasteiger partial charge in [0.2, 0.25) is 0 Å². The Bertz CT molecular complexity index is 1190. The van der Waals surface area contributed by atoms with Gasteiger partial charge in [0.1, 0.15) is 12.4 Å². The number of benzene rings is 3. The van der Waals surface area contributed by atoms with E-state index < -0.39 is 0 Å². The van der Waals surface area contributed by atoms with Crippen molar-refractivity contribution in [3.8, 4) is 0 Å². The highest BCUT2D eigenvalue weighted by Crippen LogP contribution is 2.17. The summed E-state index contributed by atoms with van der Waals surface area (Å²) in [6, 6.07) is 24.3. The topological polar surface area (TPSA) is 39.3 Å². The summed E-state index contributed by atoms with van der Waals surface area (Å²) in [5, 5.41) is 6.22. The molecule has 0 radical (unpaired) electrons. The van der Waals surface area contributed by atoms with Gasteiger partial charge < -0.3 is 17.3 Å². The molecule has 0 aliphatic carbocycles. The van der Waals surface area contributed by atoms with Crippen molar-refractivity contribution in [2.45, 2.75) is 19.5 Å². The second-order valence-electron chi connectivity index (χ2n) is 7.69. The molecule has 6 heteroatoms. The second kappa shape index (κ2) is 10.3. The lowest BCUT2D eigenvalue weighted by Crippen LogP contribution is -3.08. The van der Waals surface area contributed by atoms with Crippen molar-refractivity contribution >= 4 is 10.8 Å². The number of nitrogens with zero attached hydrogens (tertiary/aromatic N) is 2. The number of nitrogens with one attached hydrogen (secondary N) is 1. The highest BCUT2D eigenvalue weighted by molar-refractivity contribution is 5.83. The zero-order chi connectivity index (χ0) is 20.9. The monoisotopic (exact) mass is 437 g/mol. The van der Waals surface area contributed by atoms with Crippen LogP contribution in [-0.2, 0) is 19.5 Å². The Morgan fingerprint density at radius 2 is 1.52 bits per heavy atom. The lowest BCUT2D eigenvalue weighted by atomic mass is 10.0. The van der Waals surface area contributed by atoms with Gasteiger partial charge in [0.25, 0.3) is 5.56 Å². The molecule has 4 rings (SSSR count). The lowest BCUT2D eigenvalue weighted by Gasteiger charge is -2.16. The van der Waals surface area contributed by atoms with Crippen LogP contribution in [0.1, 0.15) is 16.8 Å². The summed E-state index contributed by atoms with van der Waals surface area (Å²) in [5.74, 6) is -0.258. The van der Waals surface area contributed by atoms with Gasteiger partial charge in [-0.3, -0.25) is 4.79 Å². The first-order chi connectivity index (χ1) is 14.6. The smallest absolute Gasteiger partial charge is 0.274 e. The zero-order valence-corrected chi connectivity index (χ0v) is 18.1. The third-order valence-electron chi connectivity index (χ3n) is 5.33. The Hall–Kier alpha value is -3.02. The number of fused-ring (bicyclic) bond motifs is 1. The predicted molar refractivity (Wildman–Crippen MR) is 117 cm³/mol. The Morgan fingerprint density at radius 3 is 2.23 bits per heavy atom. The number of quaternary nitrogens is 1. The van der Waals surface area contributed by atoms with E-state index in [4.69, 9.17) is 5.10 Å². The predicted octanol–water partition coefficient (Wildman–Crippen LogP) is -0.155. The van der Waals surface area contributed by atoms with E-state index >= 15 is 0 Å². The molecule has 0 aliphatic rings. The van der Waals surface area contributed by atoms with E-state index in [1.165, 1.54) is 22.6 Å². The number of likely N-dealkylation sites (N-methyl/N-ethyl adjacent to an activating group) is 1. The Morgan fingerprint density at radius 1 is 0.871 bits per heavy atom. The van der Waals surface area contributed by atoms with Crippen LogP contribution >= 0.6 is 0 Å². The fourth-order valence-corrected chi connectivity index (χ4v) is 3.71. The minimum absolute atomic E-state index is 0.